The van der Waals surface area contributed by atoms with E-state index in [0.29, 0.717) is 18.0 Å². The number of rotatable bonds is 5. The minimum atomic E-state index is 0.558. The molecule has 0 bridgehead atoms. The van der Waals surface area contributed by atoms with Gasteiger partial charge in [-0.1, -0.05) is 38.1 Å². The summed E-state index contributed by atoms with van der Waals surface area (Å²) in [6.07, 6.45) is 9.71. The van der Waals surface area contributed by atoms with E-state index in [-0.39, 0.29) is 0 Å². The molecule has 1 N–H and O–H groups in total. The summed E-state index contributed by atoms with van der Waals surface area (Å²) >= 11 is 0. The average Bonchev–Trinajstić information content (AvgIpc) is 3.16. The smallest absolute Gasteiger partial charge is 0.0949 e. The van der Waals surface area contributed by atoms with E-state index in [9.17, 15) is 0 Å². The highest BCUT2D eigenvalue weighted by Gasteiger charge is 2.27. The second-order valence-corrected chi connectivity index (χ2v) is 6.39. The van der Waals surface area contributed by atoms with Crippen molar-refractivity contribution in [1.29, 1.82) is 0 Å². The van der Waals surface area contributed by atoms with Crippen LogP contribution < -0.4 is 5.32 Å². The van der Waals surface area contributed by atoms with Crippen LogP contribution in [-0.2, 0) is 6.54 Å². The lowest BCUT2D eigenvalue weighted by molar-refractivity contribution is 0.390. The Morgan fingerprint density at radius 2 is 2.05 bits per heavy atom. The number of hydrogen-bond donors (Lipinski definition) is 1. The van der Waals surface area contributed by atoms with E-state index in [1.807, 2.05) is 12.5 Å². The molecule has 1 saturated carbocycles. The van der Waals surface area contributed by atoms with Crippen LogP contribution in [0.3, 0.4) is 0 Å². The molecule has 2 unspecified atom stereocenters. The van der Waals surface area contributed by atoms with Gasteiger partial charge in [-0.25, -0.2) is 4.98 Å². The summed E-state index contributed by atoms with van der Waals surface area (Å²) < 4.78 is 2.26. The van der Waals surface area contributed by atoms with E-state index in [1.54, 1.807) is 0 Å². The number of hydrogen-bond acceptors (Lipinski definition) is 2. The van der Waals surface area contributed by atoms with Gasteiger partial charge in [-0.3, -0.25) is 0 Å². The Balaban J connectivity index is 1.59. The largest absolute Gasteiger partial charge is 0.333 e. The van der Waals surface area contributed by atoms with Crippen LogP contribution in [0, 0.1) is 0 Å². The van der Waals surface area contributed by atoms with E-state index < -0.39 is 0 Å². The van der Waals surface area contributed by atoms with Gasteiger partial charge in [-0.2, -0.15) is 0 Å². The summed E-state index contributed by atoms with van der Waals surface area (Å²) in [6.45, 7) is 5.43. The maximum absolute atomic E-state index is 4.18. The van der Waals surface area contributed by atoms with Gasteiger partial charge in [0.2, 0.25) is 0 Å². The Hall–Kier alpha value is -1.61. The molecule has 0 spiro atoms. The second-order valence-electron chi connectivity index (χ2n) is 6.39. The molecule has 0 saturated heterocycles. The van der Waals surface area contributed by atoms with Gasteiger partial charge in [0.25, 0.3) is 0 Å². The van der Waals surface area contributed by atoms with Gasteiger partial charge in [0.1, 0.15) is 0 Å². The Bertz CT molecular complexity index is 542. The van der Waals surface area contributed by atoms with Crippen molar-refractivity contribution in [2.45, 2.75) is 57.7 Å². The number of imidazole rings is 1. The predicted octanol–water partition coefficient (Wildman–Crippen LogP) is 3.89. The van der Waals surface area contributed by atoms with Crippen molar-refractivity contribution in [1.82, 2.24) is 14.9 Å². The van der Waals surface area contributed by atoms with Crippen molar-refractivity contribution in [3.63, 3.8) is 0 Å². The molecule has 1 aliphatic carbocycles. The fraction of sp³-hybridized carbons (Fsp3) is 0.500. The highest BCUT2D eigenvalue weighted by atomic mass is 15.1. The highest BCUT2D eigenvalue weighted by Crippen LogP contribution is 2.30. The third-order valence-corrected chi connectivity index (χ3v) is 4.60. The molecule has 1 aromatic carbocycles. The van der Waals surface area contributed by atoms with E-state index in [0.717, 1.165) is 6.54 Å². The lowest BCUT2D eigenvalue weighted by Crippen LogP contribution is -2.33. The quantitative estimate of drug-likeness (QED) is 0.902. The molecule has 3 heteroatoms. The van der Waals surface area contributed by atoms with Crippen LogP contribution >= 0.6 is 0 Å². The first kappa shape index (κ1) is 14.3. The van der Waals surface area contributed by atoms with Gasteiger partial charge >= 0.3 is 0 Å². The highest BCUT2D eigenvalue weighted by molar-refractivity contribution is 5.24. The normalized spacial score (nSPS) is 22.0. The van der Waals surface area contributed by atoms with Gasteiger partial charge in [-0.15, -0.1) is 0 Å². The maximum Gasteiger partial charge on any atom is 0.0949 e. The zero-order valence-electron chi connectivity index (χ0n) is 13.0. The standard InChI is InChI=1S/C18H25N3/c1-14(2)16-8-6-15(7-9-16)12-20-17-4-3-5-18(17)21-11-10-19-13-21/h6-11,13-14,17-18,20H,3-5,12H2,1-2H3. The molecule has 21 heavy (non-hydrogen) atoms. The van der Waals surface area contributed by atoms with Gasteiger partial charge in [-0.05, 0) is 36.3 Å². The van der Waals surface area contributed by atoms with Gasteiger partial charge in [0.05, 0.1) is 6.33 Å². The lowest BCUT2D eigenvalue weighted by Gasteiger charge is -2.22. The van der Waals surface area contributed by atoms with E-state index >= 15 is 0 Å². The SMILES string of the molecule is CC(C)c1ccc(CNC2CCCC2n2ccnc2)cc1. The number of aromatic nitrogens is 2. The van der Waals surface area contributed by atoms with Crippen LogP contribution in [0.4, 0.5) is 0 Å². The molecule has 3 rings (SSSR count). The van der Waals surface area contributed by atoms with Crippen molar-refractivity contribution in [3.05, 3.63) is 54.1 Å². The minimum Gasteiger partial charge on any atom is -0.333 e. The van der Waals surface area contributed by atoms with E-state index in [1.165, 1.54) is 30.4 Å². The molecule has 1 aromatic heterocycles. The molecule has 2 aromatic rings. The zero-order valence-corrected chi connectivity index (χ0v) is 13.0. The molecule has 1 heterocycles. The number of nitrogens with zero attached hydrogens (tertiary/aromatic N) is 2. The van der Waals surface area contributed by atoms with Crippen molar-refractivity contribution in [2.75, 3.05) is 0 Å². The summed E-state index contributed by atoms with van der Waals surface area (Å²) in [5.41, 5.74) is 2.78. The van der Waals surface area contributed by atoms with Crippen LogP contribution in [0.15, 0.2) is 43.0 Å². The fourth-order valence-electron chi connectivity index (χ4n) is 3.27. The predicted molar refractivity (Wildman–Crippen MR) is 86.3 cm³/mol. The lowest BCUT2D eigenvalue weighted by atomic mass is 10.0. The first-order chi connectivity index (χ1) is 10.2. The molecule has 3 nitrogen and oxygen atoms in total. The minimum absolute atomic E-state index is 0.558. The summed E-state index contributed by atoms with van der Waals surface area (Å²) in [6, 6.07) is 10.1. The van der Waals surface area contributed by atoms with Crippen molar-refractivity contribution < 1.29 is 0 Å². The molecule has 1 fully saturated rings. The molecule has 0 amide bonds. The second kappa shape index (κ2) is 6.44. The molecular formula is C18H25N3. The number of benzene rings is 1. The molecule has 2 atom stereocenters. The topological polar surface area (TPSA) is 29.9 Å². The van der Waals surface area contributed by atoms with E-state index in [4.69, 9.17) is 0 Å². The summed E-state index contributed by atoms with van der Waals surface area (Å²) in [5, 5.41) is 3.74. The maximum atomic E-state index is 4.18. The van der Waals surface area contributed by atoms with Crippen LogP contribution in [-0.4, -0.2) is 15.6 Å². The van der Waals surface area contributed by atoms with Crippen molar-refractivity contribution >= 4 is 0 Å². The van der Waals surface area contributed by atoms with Gasteiger partial charge in [0.15, 0.2) is 0 Å². The zero-order chi connectivity index (χ0) is 14.7. The molecule has 112 valence electrons. The molecule has 1 aliphatic rings. The summed E-state index contributed by atoms with van der Waals surface area (Å²) in [4.78, 5) is 4.18. The third-order valence-electron chi connectivity index (χ3n) is 4.60. The van der Waals surface area contributed by atoms with Gasteiger partial charge in [0, 0.05) is 31.0 Å². The van der Waals surface area contributed by atoms with Crippen molar-refractivity contribution in [2.24, 2.45) is 0 Å². The molecular weight excluding hydrogens is 258 g/mol. The average molecular weight is 283 g/mol. The Morgan fingerprint density at radius 1 is 1.24 bits per heavy atom. The summed E-state index contributed by atoms with van der Waals surface area (Å²) in [5.74, 6) is 0.604. The molecule has 0 aliphatic heterocycles. The van der Waals surface area contributed by atoms with Crippen LogP contribution in [0.25, 0.3) is 0 Å². The fourth-order valence-corrected chi connectivity index (χ4v) is 3.27. The Morgan fingerprint density at radius 3 is 2.71 bits per heavy atom. The van der Waals surface area contributed by atoms with Crippen molar-refractivity contribution in [3.8, 4) is 0 Å². The number of nitrogens with one attached hydrogen (secondary N) is 1. The van der Waals surface area contributed by atoms with Crippen LogP contribution in [0.5, 0.6) is 0 Å². The Labute approximate surface area is 127 Å². The Kier molecular flexibility index (Phi) is 4.39. The molecule has 0 radical (unpaired) electrons. The van der Waals surface area contributed by atoms with Crippen LogP contribution in [0.1, 0.15) is 56.2 Å². The monoisotopic (exact) mass is 283 g/mol. The van der Waals surface area contributed by atoms with E-state index in [2.05, 4.69) is 59.2 Å². The third kappa shape index (κ3) is 3.35. The van der Waals surface area contributed by atoms with Gasteiger partial charge < -0.3 is 9.88 Å². The van der Waals surface area contributed by atoms with Crippen LogP contribution in [0.2, 0.25) is 0 Å². The first-order valence-corrected chi connectivity index (χ1v) is 8.03. The first-order valence-electron chi connectivity index (χ1n) is 8.03. The summed E-state index contributed by atoms with van der Waals surface area (Å²) in [7, 11) is 0.